The molecule has 5 nitrogen and oxygen atoms in total. The standard InChI is InChI=1S/C15H22N2O3/c1-2-3-14(16)15(18)17-11-4-6-12(7-5-11)20-13-8-9-19-10-13/h4-7,13-14H,2-3,8-10,16H2,1H3,(H,17,18). The van der Waals surface area contributed by atoms with Crippen LogP contribution < -0.4 is 15.8 Å². The summed E-state index contributed by atoms with van der Waals surface area (Å²) in [5.41, 5.74) is 6.50. The first-order chi connectivity index (χ1) is 9.69. The molecule has 3 N–H and O–H groups in total. The van der Waals surface area contributed by atoms with Crippen LogP contribution in [0, 0.1) is 0 Å². The maximum atomic E-state index is 11.8. The van der Waals surface area contributed by atoms with Gasteiger partial charge < -0.3 is 20.5 Å². The highest BCUT2D eigenvalue weighted by Crippen LogP contribution is 2.19. The normalized spacial score (nSPS) is 19.6. The van der Waals surface area contributed by atoms with Crippen LogP contribution in [0.1, 0.15) is 26.2 Å². The molecule has 0 aliphatic carbocycles. The summed E-state index contributed by atoms with van der Waals surface area (Å²) in [6.07, 6.45) is 2.64. The molecule has 1 aromatic carbocycles. The van der Waals surface area contributed by atoms with E-state index in [1.807, 2.05) is 31.2 Å². The molecule has 20 heavy (non-hydrogen) atoms. The Bertz CT molecular complexity index is 427. The highest BCUT2D eigenvalue weighted by molar-refractivity contribution is 5.94. The Balaban J connectivity index is 1.86. The molecule has 1 aliphatic heterocycles. The molecule has 5 heteroatoms. The van der Waals surface area contributed by atoms with Crippen LogP contribution in [-0.2, 0) is 9.53 Å². The van der Waals surface area contributed by atoms with Crippen LogP contribution >= 0.6 is 0 Å². The summed E-state index contributed by atoms with van der Waals surface area (Å²) in [4.78, 5) is 11.8. The number of amides is 1. The van der Waals surface area contributed by atoms with Crippen LogP contribution in [0.25, 0.3) is 0 Å². The van der Waals surface area contributed by atoms with E-state index in [9.17, 15) is 4.79 Å². The molecule has 1 fully saturated rings. The summed E-state index contributed by atoms with van der Waals surface area (Å²) in [7, 11) is 0. The fourth-order valence-electron chi connectivity index (χ4n) is 2.09. The van der Waals surface area contributed by atoms with Gasteiger partial charge in [-0.3, -0.25) is 4.79 Å². The Kier molecular flexibility index (Phi) is 5.38. The summed E-state index contributed by atoms with van der Waals surface area (Å²) in [5, 5.41) is 2.80. The monoisotopic (exact) mass is 278 g/mol. The second-order valence-corrected chi connectivity index (χ2v) is 5.01. The summed E-state index contributed by atoms with van der Waals surface area (Å²) in [5.74, 6) is 0.640. The highest BCUT2D eigenvalue weighted by atomic mass is 16.5. The van der Waals surface area contributed by atoms with Crippen LogP contribution in [0.2, 0.25) is 0 Å². The predicted molar refractivity (Wildman–Crippen MR) is 77.8 cm³/mol. The minimum atomic E-state index is -0.452. The first-order valence-corrected chi connectivity index (χ1v) is 7.10. The number of anilines is 1. The molecular weight excluding hydrogens is 256 g/mol. The average molecular weight is 278 g/mol. The lowest BCUT2D eigenvalue weighted by atomic mass is 10.1. The average Bonchev–Trinajstić information content (AvgIpc) is 2.94. The number of benzene rings is 1. The van der Waals surface area contributed by atoms with Crippen molar-refractivity contribution in [2.24, 2.45) is 5.73 Å². The number of ether oxygens (including phenoxy) is 2. The molecule has 0 saturated carbocycles. The third-order valence-corrected chi connectivity index (χ3v) is 3.25. The number of hydrogen-bond donors (Lipinski definition) is 2. The van der Waals surface area contributed by atoms with Crippen molar-refractivity contribution in [3.05, 3.63) is 24.3 Å². The largest absolute Gasteiger partial charge is 0.488 e. The van der Waals surface area contributed by atoms with Crippen molar-refractivity contribution >= 4 is 11.6 Å². The van der Waals surface area contributed by atoms with Gasteiger partial charge in [0.1, 0.15) is 11.9 Å². The van der Waals surface area contributed by atoms with E-state index in [1.165, 1.54) is 0 Å². The molecule has 0 aromatic heterocycles. The second kappa shape index (κ2) is 7.26. The summed E-state index contributed by atoms with van der Waals surface area (Å²) < 4.78 is 11.0. The van der Waals surface area contributed by atoms with Crippen molar-refractivity contribution in [3.8, 4) is 5.75 Å². The molecule has 1 aliphatic rings. The van der Waals surface area contributed by atoms with Crippen molar-refractivity contribution < 1.29 is 14.3 Å². The molecule has 1 saturated heterocycles. The first kappa shape index (κ1) is 14.8. The van der Waals surface area contributed by atoms with Crippen molar-refractivity contribution in [1.82, 2.24) is 0 Å². The van der Waals surface area contributed by atoms with Gasteiger partial charge in [0.25, 0.3) is 0 Å². The third-order valence-electron chi connectivity index (χ3n) is 3.25. The third kappa shape index (κ3) is 4.21. The van der Waals surface area contributed by atoms with E-state index in [4.69, 9.17) is 15.2 Å². The lowest BCUT2D eigenvalue weighted by Crippen LogP contribution is -2.35. The Morgan fingerprint density at radius 2 is 2.25 bits per heavy atom. The fourth-order valence-corrected chi connectivity index (χ4v) is 2.09. The molecule has 2 unspecified atom stereocenters. The summed E-state index contributed by atoms with van der Waals surface area (Å²) >= 11 is 0. The van der Waals surface area contributed by atoms with Crippen molar-refractivity contribution in [2.45, 2.75) is 38.3 Å². The van der Waals surface area contributed by atoms with E-state index in [0.717, 1.165) is 30.9 Å². The molecule has 1 heterocycles. The molecular formula is C15H22N2O3. The SMILES string of the molecule is CCCC(N)C(=O)Nc1ccc(OC2CCOC2)cc1. The molecule has 2 atom stereocenters. The van der Waals surface area contributed by atoms with E-state index < -0.39 is 6.04 Å². The van der Waals surface area contributed by atoms with Gasteiger partial charge in [0.05, 0.1) is 19.3 Å². The topological polar surface area (TPSA) is 73.6 Å². The second-order valence-electron chi connectivity index (χ2n) is 5.01. The van der Waals surface area contributed by atoms with Crippen LogP contribution in [0.5, 0.6) is 5.75 Å². The summed E-state index contributed by atoms with van der Waals surface area (Å²) in [6, 6.07) is 6.88. The molecule has 0 radical (unpaired) electrons. The maximum absolute atomic E-state index is 11.8. The molecule has 0 spiro atoms. The van der Waals surface area contributed by atoms with E-state index in [-0.39, 0.29) is 12.0 Å². The van der Waals surface area contributed by atoms with Crippen LogP contribution in [0.4, 0.5) is 5.69 Å². The van der Waals surface area contributed by atoms with E-state index in [1.54, 1.807) is 0 Å². The number of nitrogens with two attached hydrogens (primary N) is 1. The molecule has 1 aromatic rings. The Hall–Kier alpha value is -1.59. The Morgan fingerprint density at radius 3 is 2.85 bits per heavy atom. The van der Waals surface area contributed by atoms with Gasteiger partial charge in [-0.2, -0.15) is 0 Å². The van der Waals surface area contributed by atoms with Crippen molar-refractivity contribution in [2.75, 3.05) is 18.5 Å². The quantitative estimate of drug-likeness (QED) is 0.833. The number of nitrogens with one attached hydrogen (secondary N) is 1. The number of hydrogen-bond acceptors (Lipinski definition) is 4. The number of rotatable bonds is 6. The van der Waals surface area contributed by atoms with Crippen LogP contribution in [-0.4, -0.2) is 31.3 Å². The van der Waals surface area contributed by atoms with Crippen LogP contribution in [0.15, 0.2) is 24.3 Å². The first-order valence-electron chi connectivity index (χ1n) is 7.10. The van der Waals surface area contributed by atoms with Crippen LogP contribution in [0.3, 0.4) is 0 Å². The van der Waals surface area contributed by atoms with Gasteiger partial charge in [0.15, 0.2) is 0 Å². The minimum Gasteiger partial charge on any atom is -0.488 e. The zero-order chi connectivity index (χ0) is 14.4. The van der Waals surface area contributed by atoms with Gasteiger partial charge in [-0.05, 0) is 30.7 Å². The smallest absolute Gasteiger partial charge is 0.241 e. The van der Waals surface area contributed by atoms with Gasteiger partial charge in [0, 0.05) is 12.1 Å². The Morgan fingerprint density at radius 1 is 1.50 bits per heavy atom. The minimum absolute atomic E-state index is 0.133. The van der Waals surface area contributed by atoms with E-state index in [2.05, 4.69) is 5.32 Å². The van der Waals surface area contributed by atoms with E-state index in [0.29, 0.717) is 13.0 Å². The molecule has 0 bridgehead atoms. The molecule has 1 amide bonds. The summed E-state index contributed by atoms with van der Waals surface area (Å²) in [6.45, 7) is 3.41. The van der Waals surface area contributed by atoms with Gasteiger partial charge in [-0.15, -0.1) is 0 Å². The number of carbonyl (C=O) groups is 1. The fraction of sp³-hybridized carbons (Fsp3) is 0.533. The molecule has 110 valence electrons. The van der Waals surface area contributed by atoms with Gasteiger partial charge >= 0.3 is 0 Å². The van der Waals surface area contributed by atoms with Crippen molar-refractivity contribution in [1.29, 1.82) is 0 Å². The van der Waals surface area contributed by atoms with Gasteiger partial charge in [-0.25, -0.2) is 0 Å². The lowest BCUT2D eigenvalue weighted by molar-refractivity contribution is -0.117. The van der Waals surface area contributed by atoms with E-state index >= 15 is 0 Å². The molecule has 2 rings (SSSR count). The van der Waals surface area contributed by atoms with Crippen molar-refractivity contribution in [3.63, 3.8) is 0 Å². The highest BCUT2D eigenvalue weighted by Gasteiger charge is 2.17. The Labute approximate surface area is 119 Å². The van der Waals surface area contributed by atoms with Gasteiger partial charge in [-0.1, -0.05) is 13.3 Å². The van der Waals surface area contributed by atoms with Gasteiger partial charge in [0.2, 0.25) is 5.91 Å². The lowest BCUT2D eigenvalue weighted by Gasteiger charge is -2.13. The zero-order valence-corrected chi connectivity index (χ0v) is 11.8. The maximum Gasteiger partial charge on any atom is 0.241 e. The number of carbonyl (C=O) groups excluding carboxylic acids is 1. The predicted octanol–water partition coefficient (Wildman–Crippen LogP) is 1.92. The zero-order valence-electron chi connectivity index (χ0n) is 11.8.